The number of halogens is 2. The molecule has 4 N–H and O–H groups in total. The van der Waals surface area contributed by atoms with E-state index in [1.54, 1.807) is 6.07 Å². The Morgan fingerprint density at radius 3 is 2.81 bits per heavy atom. The number of rotatable bonds is 4. The van der Waals surface area contributed by atoms with Crippen molar-refractivity contribution in [1.82, 2.24) is 10.3 Å². The number of aromatic hydroxyl groups is 1. The van der Waals surface area contributed by atoms with Gasteiger partial charge in [0.05, 0.1) is 10.2 Å². The minimum atomic E-state index is -3.01. The third-order valence-corrected chi connectivity index (χ3v) is 6.64. The summed E-state index contributed by atoms with van der Waals surface area (Å²) >= 11 is 3.17. The van der Waals surface area contributed by atoms with Crippen LogP contribution >= 0.6 is 26.7 Å². The highest BCUT2D eigenvalue weighted by Gasteiger charge is 2.29. The number of pyridine rings is 1. The molecule has 3 rings (SSSR count). The van der Waals surface area contributed by atoms with Gasteiger partial charge in [-0.15, -0.1) is 10.8 Å². The van der Waals surface area contributed by atoms with E-state index in [2.05, 4.69) is 26.2 Å². The maximum absolute atomic E-state index is 13.2. The Hall–Kier alpha value is -1.88. The highest BCUT2D eigenvalue weighted by Crippen LogP contribution is 2.49. The number of hydrogen-bond acceptors (Lipinski definition) is 6. The molecule has 1 aromatic carbocycles. The average Bonchev–Trinajstić information content (AvgIpc) is 2.61. The number of nitrogens with one attached hydrogen (secondary N) is 1. The molecule has 0 aliphatic carbocycles. The molecule has 1 aromatic heterocycles. The molecule has 0 saturated carbocycles. The van der Waals surface area contributed by atoms with Crippen LogP contribution in [-0.2, 0) is 6.54 Å². The number of benzene rings is 1. The number of amides is 1. The first-order valence-corrected chi connectivity index (χ1v) is 10.7. The fourth-order valence-electron chi connectivity index (χ4n) is 2.77. The van der Waals surface area contributed by atoms with Crippen molar-refractivity contribution in [2.24, 2.45) is 0 Å². The Bertz CT molecular complexity index is 868. The predicted octanol–water partition coefficient (Wildman–Crippen LogP) is 3.88. The number of anilines is 1. The Kier molecular flexibility index (Phi) is 5.89. The number of hydrogen-bond donors (Lipinski definition) is 4. The first-order chi connectivity index (χ1) is 12.8. The van der Waals surface area contributed by atoms with Crippen molar-refractivity contribution in [2.45, 2.75) is 19.4 Å². The molecule has 10 heteroatoms. The molecule has 2 aromatic rings. The lowest BCUT2D eigenvalue weighted by Gasteiger charge is -2.46. The van der Waals surface area contributed by atoms with Crippen LogP contribution in [0.1, 0.15) is 28.9 Å². The van der Waals surface area contributed by atoms with Crippen molar-refractivity contribution >= 4 is 38.4 Å². The average molecular weight is 460 g/mol. The standard InChI is InChI=1S/C17H19BrFN3O4S/c18-13-9-14(22-6-1-2-7-27(22,25)26)21-15(16(13)23)17(24)20-10-11-4-3-5-12(19)8-11/h3-5,8-9,23,25-26H,1-2,6-7,10H2,(H,20,24). The number of aromatic nitrogens is 1. The van der Waals surface area contributed by atoms with Crippen molar-refractivity contribution in [1.29, 1.82) is 0 Å². The first-order valence-electron chi connectivity index (χ1n) is 8.23. The van der Waals surface area contributed by atoms with Gasteiger partial charge in [-0.05, 0) is 46.5 Å². The Morgan fingerprint density at radius 2 is 2.11 bits per heavy atom. The number of carbonyl (C=O) groups excluding carboxylic acids is 1. The van der Waals surface area contributed by atoms with E-state index in [4.69, 9.17) is 0 Å². The van der Waals surface area contributed by atoms with Crippen molar-refractivity contribution < 1.29 is 23.4 Å². The molecule has 0 bridgehead atoms. The Balaban J connectivity index is 1.84. The molecule has 1 fully saturated rings. The maximum atomic E-state index is 13.2. The van der Waals surface area contributed by atoms with Gasteiger partial charge in [0.2, 0.25) is 0 Å². The van der Waals surface area contributed by atoms with Crippen molar-refractivity contribution in [3.63, 3.8) is 0 Å². The second-order valence-electron chi connectivity index (χ2n) is 6.12. The van der Waals surface area contributed by atoms with Gasteiger partial charge in [0.15, 0.2) is 11.4 Å². The first kappa shape index (κ1) is 19.9. The van der Waals surface area contributed by atoms with Gasteiger partial charge < -0.3 is 10.4 Å². The van der Waals surface area contributed by atoms with Crippen LogP contribution in [0, 0.1) is 5.82 Å². The van der Waals surface area contributed by atoms with Crippen LogP contribution in [0.25, 0.3) is 0 Å². The summed E-state index contributed by atoms with van der Waals surface area (Å²) in [6, 6.07) is 7.23. The van der Waals surface area contributed by atoms with Gasteiger partial charge >= 0.3 is 0 Å². The van der Waals surface area contributed by atoms with E-state index in [-0.39, 0.29) is 34.0 Å². The van der Waals surface area contributed by atoms with E-state index in [1.807, 2.05) is 0 Å². The van der Waals surface area contributed by atoms with Crippen LogP contribution in [-0.4, -0.2) is 37.4 Å². The van der Waals surface area contributed by atoms with Crippen LogP contribution in [0.4, 0.5) is 10.2 Å². The summed E-state index contributed by atoms with van der Waals surface area (Å²) in [7, 11) is -3.01. The SMILES string of the molecule is O=C(NCc1cccc(F)c1)c1nc(N2CCCCS2(O)O)cc(Br)c1O. The molecule has 0 radical (unpaired) electrons. The van der Waals surface area contributed by atoms with Gasteiger partial charge in [-0.1, -0.05) is 12.1 Å². The van der Waals surface area contributed by atoms with E-state index in [1.165, 1.54) is 28.6 Å². The Morgan fingerprint density at radius 1 is 1.33 bits per heavy atom. The van der Waals surface area contributed by atoms with Crippen molar-refractivity contribution in [3.05, 3.63) is 51.9 Å². The highest BCUT2D eigenvalue weighted by atomic mass is 79.9. The Labute approximate surface area is 165 Å². The van der Waals surface area contributed by atoms with Crippen molar-refractivity contribution in [2.75, 3.05) is 16.6 Å². The van der Waals surface area contributed by atoms with Crippen LogP contribution in [0.3, 0.4) is 0 Å². The molecular weight excluding hydrogens is 441 g/mol. The normalized spacial score (nSPS) is 17.4. The van der Waals surface area contributed by atoms with E-state index < -0.39 is 22.5 Å². The summed E-state index contributed by atoms with van der Waals surface area (Å²) in [6.07, 6.45) is 1.45. The van der Waals surface area contributed by atoms with Gasteiger partial charge in [0, 0.05) is 19.2 Å². The van der Waals surface area contributed by atoms with E-state index in [0.717, 1.165) is 6.42 Å². The summed E-state index contributed by atoms with van der Waals surface area (Å²) in [4.78, 5) is 16.6. The molecule has 2 heterocycles. The zero-order valence-electron chi connectivity index (χ0n) is 14.2. The molecule has 0 unspecified atom stereocenters. The minimum Gasteiger partial charge on any atom is -0.504 e. The van der Waals surface area contributed by atoms with Crippen molar-refractivity contribution in [3.8, 4) is 5.75 Å². The lowest BCUT2D eigenvalue weighted by molar-refractivity contribution is 0.0942. The zero-order chi connectivity index (χ0) is 19.6. The van der Waals surface area contributed by atoms with Crippen LogP contribution in [0.2, 0.25) is 0 Å². The van der Waals surface area contributed by atoms with Gasteiger partial charge in [0.25, 0.3) is 5.91 Å². The summed E-state index contributed by atoms with van der Waals surface area (Å²) < 4.78 is 35.4. The highest BCUT2D eigenvalue weighted by molar-refractivity contribution is 9.10. The largest absolute Gasteiger partial charge is 0.504 e. The second kappa shape index (κ2) is 8.01. The van der Waals surface area contributed by atoms with Gasteiger partial charge in [-0.25, -0.2) is 9.37 Å². The van der Waals surface area contributed by atoms with E-state index in [9.17, 15) is 23.4 Å². The summed E-state index contributed by atoms with van der Waals surface area (Å²) in [5.74, 6) is -1.01. The van der Waals surface area contributed by atoms with Gasteiger partial charge in [-0.3, -0.25) is 18.2 Å². The van der Waals surface area contributed by atoms with Crippen LogP contribution in [0.15, 0.2) is 34.8 Å². The topological polar surface area (TPSA) is 106 Å². The van der Waals surface area contributed by atoms with Crippen LogP contribution in [0.5, 0.6) is 5.75 Å². The lowest BCUT2D eigenvalue weighted by Crippen LogP contribution is -2.35. The van der Waals surface area contributed by atoms with Gasteiger partial charge in [-0.2, -0.15) is 0 Å². The molecular formula is C17H19BrFN3O4S. The number of carbonyl (C=O) groups is 1. The summed E-state index contributed by atoms with van der Waals surface area (Å²) in [6.45, 7) is 0.440. The van der Waals surface area contributed by atoms with E-state index in [0.29, 0.717) is 18.5 Å². The lowest BCUT2D eigenvalue weighted by atomic mass is 10.2. The van der Waals surface area contributed by atoms with E-state index >= 15 is 0 Å². The third kappa shape index (κ3) is 4.52. The number of nitrogens with zero attached hydrogens (tertiary/aromatic N) is 2. The molecule has 1 aliphatic heterocycles. The molecule has 1 saturated heterocycles. The fourth-order valence-corrected chi connectivity index (χ4v) is 4.78. The minimum absolute atomic E-state index is 0.0540. The third-order valence-electron chi connectivity index (χ3n) is 4.13. The smallest absolute Gasteiger partial charge is 0.274 e. The molecule has 0 spiro atoms. The van der Waals surface area contributed by atoms with Crippen LogP contribution < -0.4 is 9.62 Å². The summed E-state index contributed by atoms with van der Waals surface area (Å²) in [5.41, 5.74) is 0.305. The fraction of sp³-hybridized carbons (Fsp3) is 0.294. The molecule has 0 atom stereocenters. The molecule has 1 amide bonds. The molecule has 146 valence electrons. The second-order valence-corrected chi connectivity index (χ2v) is 9.09. The monoisotopic (exact) mass is 459 g/mol. The zero-order valence-corrected chi connectivity index (χ0v) is 16.6. The maximum Gasteiger partial charge on any atom is 0.274 e. The summed E-state index contributed by atoms with van der Waals surface area (Å²) in [5, 5.41) is 12.8. The molecule has 7 nitrogen and oxygen atoms in total. The quantitative estimate of drug-likeness (QED) is 0.552. The molecule has 1 aliphatic rings. The predicted molar refractivity (Wildman–Crippen MR) is 105 cm³/mol. The van der Waals surface area contributed by atoms with Gasteiger partial charge in [0.1, 0.15) is 11.6 Å². The molecule has 27 heavy (non-hydrogen) atoms.